The third-order valence-corrected chi connectivity index (χ3v) is 3.60. The van der Waals surface area contributed by atoms with Crippen molar-refractivity contribution in [3.05, 3.63) is 33.2 Å². The Labute approximate surface area is 111 Å². The van der Waals surface area contributed by atoms with E-state index in [-0.39, 0.29) is 5.56 Å². The minimum absolute atomic E-state index is 0.113. The number of hydrogen-bond donors (Lipinski definition) is 2. The molecule has 0 amide bonds. The molecule has 1 aliphatic heterocycles. The Balaban J connectivity index is 2.14. The number of aromatic carboxylic acids is 1. The van der Waals surface area contributed by atoms with Gasteiger partial charge in [0.05, 0.1) is 0 Å². The van der Waals surface area contributed by atoms with Crippen molar-refractivity contribution in [2.45, 2.75) is 32.6 Å². The van der Waals surface area contributed by atoms with E-state index < -0.39 is 11.4 Å². The number of rotatable bonds is 4. The van der Waals surface area contributed by atoms with E-state index in [9.17, 15) is 9.59 Å². The molecule has 0 radical (unpaired) electrons. The van der Waals surface area contributed by atoms with Crippen molar-refractivity contribution in [1.29, 1.82) is 0 Å². The van der Waals surface area contributed by atoms with Gasteiger partial charge in [0.15, 0.2) is 5.43 Å². The van der Waals surface area contributed by atoms with Crippen LogP contribution < -0.4 is 5.43 Å². The van der Waals surface area contributed by atoms with Crippen LogP contribution in [0.15, 0.2) is 10.9 Å². The van der Waals surface area contributed by atoms with Gasteiger partial charge in [-0.1, -0.05) is 0 Å². The van der Waals surface area contributed by atoms with Crippen LogP contribution in [0.3, 0.4) is 0 Å². The summed E-state index contributed by atoms with van der Waals surface area (Å²) in [6, 6.07) is 1.33. The zero-order valence-corrected chi connectivity index (χ0v) is 11.1. The monoisotopic (exact) mass is 265 g/mol. The lowest BCUT2D eigenvalue weighted by molar-refractivity contribution is 0.0635. The third kappa shape index (κ3) is 3.44. The molecular formula is C14H19NO4. The average molecular weight is 265 g/mol. The number of H-pyrrole nitrogens is 1. The Morgan fingerprint density at radius 2 is 2.16 bits per heavy atom. The van der Waals surface area contributed by atoms with E-state index in [0.717, 1.165) is 32.5 Å². The first-order valence-corrected chi connectivity index (χ1v) is 6.61. The first-order valence-electron chi connectivity index (χ1n) is 6.61. The molecule has 0 saturated carbocycles. The second kappa shape index (κ2) is 6.02. The summed E-state index contributed by atoms with van der Waals surface area (Å²) in [7, 11) is 0. The molecule has 19 heavy (non-hydrogen) atoms. The number of nitrogens with one attached hydrogen (secondary N) is 1. The zero-order chi connectivity index (χ0) is 13.8. The van der Waals surface area contributed by atoms with Crippen molar-refractivity contribution in [2.24, 2.45) is 5.92 Å². The van der Waals surface area contributed by atoms with Crippen molar-refractivity contribution < 1.29 is 14.6 Å². The van der Waals surface area contributed by atoms with Crippen molar-refractivity contribution in [3.8, 4) is 0 Å². The Kier molecular flexibility index (Phi) is 4.37. The fraction of sp³-hybridized carbons (Fsp3) is 0.571. The van der Waals surface area contributed by atoms with Crippen LogP contribution in [0.1, 0.15) is 41.0 Å². The van der Waals surface area contributed by atoms with Crippen LogP contribution in [-0.2, 0) is 11.2 Å². The number of hydrogen-bond acceptors (Lipinski definition) is 3. The molecule has 1 aromatic rings. The van der Waals surface area contributed by atoms with Crippen molar-refractivity contribution >= 4 is 5.97 Å². The smallest absolute Gasteiger partial charge is 0.341 e. The standard InChI is InChI=1S/C14H19NO4/c1-9-8-12(16)13(14(17)18)11(15-9)3-2-10-4-6-19-7-5-10/h8,10H,2-7H2,1H3,(H,15,16)(H,17,18). The van der Waals surface area contributed by atoms with Gasteiger partial charge in [0.2, 0.25) is 0 Å². The first-order chi connectivity index (χ1) is 9.08. The summed E-state index contributed by atoms with van der Waals surface area (Å²) in [5.74, 6) is -0.595. The van der Waals surface area contributed by atoms with E-state index in [1.54, 1.807) is 6.92 Å². The molecule has 0 aliphatic carbocycles. The van der Waals surface area contributed by atoms with E-state index in [0.29, 0.717) is 23.7 Å². The number of carboxylic acid groups (broad SMARTS) is 1. The summed E-state index contributed by atoms with van der Waals surface area (Å²) >= 11 is 0. The van der Waals surface area contributed by atoms with Gasteiger partial charge < -0.3 is 14.8 Å². The molecule has 0 aromatic carbocycles. The number of aromatic amines is 1. The summed E-state index contributed by atoms with van der Waals surface area (Å²) < 4.78 is 5.30. The van der Waals surface area contributed by atoms with Gasteiger partial charge in [0, 0.05) is 30.7 Å². The fourth-order valence-corrected chi connectivity index (χ4v) is 2.56. The average Bonchev–Trinajstić information content (AvgIpc) is 2.36. The highest BCUT2D eigenvalue weighted by Crippen LogP contribution is 2.20. The maximum atomic E-state index is 11.7. The van der Waals surface area contributed by atoms with Gasteiger partial charge in [-0.05, 0) is 38.5 Å². The molecule has 2 heterocycles. The predicted octanol–water partition coefficient (Wildman–Crippen LogP) is 1.74. The minimum atomic E-state index is -1.15. The SMILES string of the molecule is Cc1cc(=O)c(C(=O)O)c(CCC2CCOCC2)[nH]1. The summed E-state index contributed by atoms with van der Waals surface area (Å²) in [6.07, 6.45) is 3.52. The summed E-state index contributed by atoms with van der Waals surface area (Å²) in [6.45, 7) is 3.33. The maximum absolute atomic E-state index is 11.7. The van der Waals surface area contributed by atoms with Crippen LogP contribution in [0.25, 0.3) is 0 Å². The molecule has 1 aliphatic rings. The van der Waals surface area contributed by atoms with E-state index in [1.165, 1.54) is 6.07 Å². The minimum Gasteiger partial charge on any atom is -0.477 e. The second-order valence-corrected chi connectivity index (χ2v) is 5.07. The third-order valence-electron chi connectivity index (χ3n) is 3.60. The van der Waals surface area contributed by atoms with Gasteiger partial charge in [-0.15, -0.1) is 0 Å². The summed E-state index contributed by atoms with van der Waals surface area (Å²) in [4.78, 5) is 25.9. The van der Waals surface area contributed by atoms with Crippen LogP contribution in [0.2, 0.25) is 0 Å². The number of ether oxygens (including phenoxy) is 1. The number of pyridine rings is 1. The molecule has 5 heteroatoms. The van der Waals surface area contributed by atoms with Gasteiger partial charge in [0.1, 0.15) is 5.56 Å². The molecule has 0 unspecified atom stereocenters. The van der Waals surface area contributed by atoms with E-state index >= 15 is 0 Å². The molecular weight excluding hydrogens is 246 g/mol. The Hall–Kier alpha value is -1.62. The topological polar surface area (TPSA) is 79.4 Å². The van der Waals surface area contributed by atoms with Gasteiger partial charge in [0.25, 0.3) is 0 Å². The number of aryl methyl sites for hydroxylation is 2. The van der Waals surface area contributed by atoms with Crippen LogP contribution in [0.5, 0.6) is 0 Å². The quantitative estimate of drug-likeness (QED) is 0.869. The van der Waals surface area contributed by atoms with Crippen LogP contribution in [0.4, 0.5) is 0 Å². The Bertz CT molecular complexity index is 515. The molecule has 1 saturated heterocycles. The Morgan fingerprint density at radius 1 is 1.47 bits per heavy atom. The largest absolute Gasteiger partial charge is 0.477 e. The molecule has 1 fully saturated rings. The molecule has 104 valence electrons. The number of carboxylic acids is 1. The van der Waals surface area contributed by atoms with E-state index in [4.69, 9.17) is 9.84 Å². The van der Waals surface area contributed by atoms with Crippen LogP contribution in [-0.4, -0.2) is 29.3 Å². The highest BCUT2D eigenvalue weighted by Gasteiger charge is 2.18. The van der Waals surface area contributed by atoms with Gasteiger partial charge in [-0.3, -0.25) is 4.79 Å². The normalized spacial score (nSPS) is 16.5. The lowest BCUT2D eigenvalue weighted by Gasteiger charge is -2.22. The van der Waals surface area contributed by atoms with Crippen LogP contribution in [0, 0.1) is 12.8 Å². The van der Waals surface area contributed by atoms with E-state index in [1.807, 2.05) is 0 Å². The molecule has 0 atom stereocenters. The molecule has 0 spiro atoms. The van der Waals surface area contributed by atoms with Gasteiger partial charge >= 0.3 is 5.97 Å². The molecule has 2 rings (SSSR count). The van der Waals surface area contributed by atoms with Crippen molar-refractivity contribution in [3.63, 3.8) is 0 Å². The number of aromatic nitrogens is 1. The molecule has 5 nitrogen and oxygen atoms in total. The maximum Gasteiger partial charge on any atom is 0.341 e. The van der Waals surface area contributed by atoms with Crippen LogP contribution >= 0.6 is 0 Å². The first kappa shape index (κ1) is 13.8. The zero-order valence-electron chi connectivity index (χ0n) is 11.1. The molecule has 2 N–H and O–H groups in total. The predicted molar refractivity (Wildman–Crippen MR) is 70.6 cm³/mol. The highest BCUT2D eigenvalue weighted by molar-refractivity contribution is 5.88. The lowest BCUT2D eigenvalue weighted by Crippen LogP contribution is -2.21. The lowest BCUT2D eigenvalue weighted by atomic mass is 9.93. The van der Waals surface area contributed by atoms with Crippen molar-refractivity contribution in [2.75, 3.05) is 13.2 Å². The van der Waals surface area contributed by atoms with Crippen molar-refractivity contribution in [1.82, 2.24) is 4.98 Å². The fourth-order valence-electron chi connectivity index (χ4n) is 2.56. The van der Waals surface area contributed by atoms with Gasteiger partial charge in [-0.2, -0.15) is 0 Å². The molecule has 1 aromatic heterocycles. The second-order valence-electron chi connectivity index (χ2n) is 5.07. The summed E-state index contributed by atoms with van der Waals surface area (Å²) in [5, 5.41) is 9.13. The molecule has 0 bridgehead atoms. The number of carbonyl (C=O) groups is 1. The highest BCUT2D eigenvalue weighted by atomic mass is 16.5. The summed E-state index contributed by atoms with van der Waals surface area (Å²) in [5.41, 5.74) is 0.726. The van der Waals surface area contributed by atoms with E-state index in [2.05, 4.69) is 4.98 Å². The Morgan fingerprint density at radius 3 is 2.79 bits per heavy atom. The van der Waals surface area contributed by atoms with Gasteiger partial charge in [-0.25, -0.2) is 4.79 Å².